The first-order valence-electron chi connectivity index (χ1n) is 6.38. The highest BCUT2D eigenvalue weighted by Crippen LogP contribution is 2.30. The number of aromatic nitrogens is 2. The molecule has 1 atom stereocenters. The number of imidazole rings is 1. The Morgan fingerprint density at radius 1 is 1.43 bits per heavy atom. The predicted molar refractivity (Wildman–Crippen MR) is 78.2 cm³/mol. The van der Waals surface area contributed by atoms with Crippen LogP contribution in [0, 0.1) is 18.6 Å². The Morgan fingerprint density at radius 2 is 2.14 bits per heavy atom. The van der Waals surface area contributed by atoms with Crippen LogP contribution in [-0.2, 0) is 4.74 Å². The minimum atomic E-state index is -0.772. The van der Waals surface area contributed by atoms with Crippen LogP contribution in [0.5, 0.6) is 0 Å². The van der Waals surface area contributed by atoms with Gasteiger partial charge < -0.3 is 14.6 Å². The fourth-order valence-electron chi connectivity index (χ4n) is 2.04. The molecule has 2 aromatic rings. The molecule has 0 aliphatic rings. The zero-order chi connectivity index (χ0) is 15.6. The zero-order valence-electron chi connectivity index (χ0n) is 12.0. The SMILES string of the molecule is COCC(C)n1cc(C)nc1Nc1c(F)cc(F)cc1Cl. The molecule has 0 amide bonds. The highest BCUT2D eigenvalue weighted by Gasteiger charge is 2.16. The van der Waals surface area contributed by atoms with Crippen LogP contribution in [0.3, 0.4) is 0 Å². The number of ether oxygens (including phenoxy) is 1. The van der Waals surface area contributed by atoms with E-state index in [0.29, 0.717) is 12.6 Å². The molecular formula is C14H16ClF2N3O. The van der Waals surface area contributed by atoms with Crippen LogP contribution in [0.4, 0.5) is 20.4 Å². The second kappa shape index (κ2) is 6.41. The van der Waals surface area contributed by atoms with Gasteiger partial charge in [-0.05, 0) is 19.9 Å². The van der Waals surface area contributed by atoms with Gasteiger partial charge in [0.25, 0.3) is 0 Å². The first-order valence-corrected chi connectivity index (χ1v) is 6.76. The summed E-state index contributed by atoms with van der Waals surface area (Å²) in [5.74, 6) is -1.08. The van der Waals surface area contributed by atoms with Crippen LogP contribution in [0.2, 0.25) is 5.02 Å². The van der Waals surface area contributed by atoms with Crippen LogP contribution >= 0.6 is 11.6 Å². The van der Waals surface area contributed by atoms with Crippen LogP contribution in [0.1, 0.15) is 18.7 Å². The summed E-state index contributed by atoms with van der Waals surface area (Å²) in [6, 6.07) is 1.82. The molecule has 0 bridgehead atoms. The van der Waals surface area contributed by atoms with Crippen molar-refractivity contribution in [3.63, 3.8) is 0 Å². The van der Waals surface area contributed by atoms with Crippen molar-refractivity contribution in [3.8, 4) is 0 Å². The van der Waals surface area contributed by atoms with Gasteiger partial charge in [0.2, 0.25) is 5.95 Å². The van der Waals surface area contributed by atoms with E-state index in [1.54, 1.807) is 7.11 Å². The molecule has 0 aliphatic carbocycles. The average molecular weight is 316 g/mol. The summed E-state index contributed by atoms with van der Waals surface area (Å²) in [5.41, 5.74) is 0.758. The van der Waals surface area contributed by atoms with Crippen molar-refractivity contribution >= 4 is 23.2 Å². The maximum absolute atomic E-state index is 13.8. The second-order valence-corrected chi connectivity index (χ2v) is 5.19. The Bertz CT molecular complexity index is 622. The van der Waals surface area contributed by atoms with Gasteiger partial charge in [-0.1, -0.05) is 11.6 Å². The lowest BCUT2D eigenvalue weighted by Crippen LogP contribution is -2.13. The van der Waals surface area contributed by atoms with Gasteiger partial charge in [-0.15, -0.1) is 0 Å². The third kappa shape index (κ3) is 3.51. The summed E-state index contributed by atoms with van der Waals surface area (Å²) >= 11 is 5.88. The number of aryl methyl sites for hydroxylation is 1. The number of benzene rings is 1. The topological polar surface area (TPSA) is 39.1 Å². The van der Waals surface area contributed by atoms with E-state index < -0.39 is 11.6 Å². The highest BCUT2D eigenvalue weighted by molar-refractivity contribution is 6.33. The lowest BCUT2D eigenvalue weighted by molar-refractivity contribution is 0.163. The Balaban J connectivity index is 2.36. The lowest BCUT2D eigenvalue weighted by Gasteiger charge is -2.17. The summed E-state index contributed by atoms with van der Waals surface area (Å²) in [4.78, 5) is 4.29. The molecule has 1 unspecified atom stereocenters. The maximum Gasteiger partial charge on any atom is 0.208 e. The highest BCUT2D eigenvalue weighted by atomic mass is 35.5. The maximum atomic E-state index is 13.8. The Kier molecular flexibility index (Phi) is 4.80. The number of hydrogen-bond donors (Lipinski definition) is 1. The van der Waals surface area contributed by atoms with Crippen LogP contribution in [-0.4, -0.2) is 23.3 Å². The Hall–Kier alpha value is -1.66. The molecule has 0 saturated carbocycles. The molecule has 1 aromatic carbocycles. The number of nitrogens with zero attached hydrogens (tertiary/aromatic N) is 2. The summed E-state index contributed by atoms with van der Waals surface area (Å²) in [5, 5.41) is 2.78. The van der Waals surface area contributed by atoms with Gasteiger partial charge in [0.05, 0.1) is 29.1 Å². The van der Waals surface area contributed by atoms with Gasteiger partial charge in [-0.3, -0.25) is 0 Å². The van der Waals surface area contributed by atoms with E-state index in [2.05, 4.69) is 10.3 Å². The van der Waals surface area contributed by atoms with Crippen LogP contribution in [0.15, 0.2) is 18.3 Å². The molecular weight excluding hydrogens is 300 g/mol. The molecule has 0 radical (unpaired) electrons. The van der Waals surface area contributed by atoms with E-state index in [-0.39, 0.29) is 16.8 Å². The van der Waals surface area contributed by atoms with Gasteiger partial charge in [0.1, 0.15) is 5.82 Å². The molecule has 1 N–H and O–H groups in total. The Morgan fingerprint density at radius 3 is 2.76 bits per heavy atom. The number of hydrogen-bond acceptors (Lipinski definition) is 3. The minimum absolute atomic E-state index is 0.000912. The molecule has 4 nitrogen and oxygen atoms in total. The van der Waals surface area contributed by atoms with Crippen molar-refractivity contribution in [1.29, 1.82) is 0 Å². The van der Waals surface area contributed by atoms with Crippen LogP contribution < -0.4 is 5.32 Å². The quantitative estimate of drug-likeness (QED) is 0.904. The molecule has 0 spiro atoms. The molecule has 1 heterocycles. The monoisotopic (exact) mass is 315 g/mol. The van der Waals surface area contributed by atoms with Gasteiger partial charge in [0, 0.05) is 19.4 Å². The zero-order valence-corrected chi connectivity index (χ0v) is 12.7. The van der Waals surface area contributed by atoms with Crippen molar-refractivity contribution in [2.24, 2.45) is 0 Å². The fourth-order valence-corrected chi connectivity index (χ4v) is 2.28. The normalized spacial score (nSPS) is 12.5. The lowest BCUT2D eigenvalue weighted by atomic mass is 10.3. The summed E-state index contributed by atoms with van der Waals surface area (Å²) in [6.07, 6.45) is 1.82. The summed E-state index contributed by atoms with van der Waals surface area (Å²) < 4.78 is 33.8. The van der Waals surface area contributed by atoms with E-state index in [0.717, 1.165) is 17.8 Å². The smallest absolute Gasteiger partial charge is 0.208 e. The number of rotatable bonds is 5. The van der Waals surface area contributed by atoms with Crippen molar-refractivity contribution in [2.45, 2.75) is 19.9 Å². The fraction of sp³-hybridized carbons (Fsp3) is 0.357. The minimum Gasteiger partial charge on any atom is -0.383 e. The van der Waals surface area contributed by atoms with Crippen molar-refractivity contribution in [3.05, 3.63) is 40.7 Å². The van der Waals surface area contributed by atoms with Crippen LogP contribution in [0.25, 0.3) is 0 Å². The number of nitrogens with one attached hydrogen (secondary N) is 1. The standard InChI is InChI=1S/C14H16ClF2N3O/c1-8-6-20(9(2)7-21-3)14(18-8)19-13-11(15)4-10(16)5-12(13)17/h4-6,9H,7H2,1-3H3,(H,18,19). The molecule has 2 rings (SSSR count). The Labute approximate surface area is 126 Å². The summed E-state index contributed by atoms with van der Waals surface area (Å²) in [7, 11) is 1.60. The molecule has 0 aliphatic heterocycles. The average Bonchev–Trinajstić information content (AvgIpc) is 2.75. The molecule has 114 valence electrons. The molecule has 0 saturated heterocycles. The number of methoxy groups -OCH3 is 1. The van der Waals surface area contributed by atoms with E-state index in [1.807, 2.05) is 24.6 Å². The van der Waals surface area contributed by atoms with Crippen molar-refractivity contribution in [1.82, 2.24) is 9.55 Å². The third-order valence-electron chi connectivity index (χ3n) is 2.98. The van der Waals surface area contributed by atoms with Gasteiger partial charge >= 0.3 is 0 Å². The molecule has 7 heteroatoms. The number of halogens is 3. The first kappa shape index (κ1) is 15.7. The van der Waals surface area contributed by atoms with E-state index in [4.69, 9.17) is 16.3 Å². The first-order chi connectivity index (χ1) is 9.92. The third-order valence-corrected chi connectivity index (χ3v) is 3.28. The van der Waals surface area contributed by atoms with Gasteiger partial charge in [-0.25, -0.2) is 13.8 Å². The molecule has 21 heavy (non-hydrogen) atoms. The summed E-state index contributed by atoms with van der Waals surface area (Å²) in [6.45, 7) is 4.24. The van der Waals surface area contributed by atoms with Gasteiger partial charge in [-0.2, -0.15) is 0 Å². The largest absolute Gasteiger partial charge is 0.383 e. The van der Waals surface area contributed by atoms with Crippen molar-refractivity contribution in [2.75, 3.05) is 19.0 Å². The van der Waals surface area contributed by atoms with Crippen molar-refractivity contribution < 1.29 is 13.5 Å². The molecule has 1 aromatic heterocycles. The van der Waals surface area contributed by atoms with E-state index in [9.17, 15) is 8.78 Å². The molecule has 0 fully saturated rings. The predicted octanol–water partition coefficient (Wildman–Crippen LogP) is 4.07. The van der Waals surface area contributed by atoms with Gasteiger partial charge in [0.15, 0.2) is 5.82 Å². The van der Waals surface area contributed by atoms with E-state index in [1.165, 1.54) is 0 Å². The second-order valence-electron chi connectivity index (χ2n) is 4.79. The number of anilines is 2. The van der Waals surface area contributed by atoms with E-state index >= 15 is 0 Å².